The molecule has 2 atom stereocenters. The molecule has 0 aromatic heterocycles. The number of sulfonamides is 1. The fourth-order valence-corrected chi connectivity index (χ4v) is 3.03. The van der Waals surface area contributed by atoms with E-state index in [4.69, 9.17) is 5.14 Å². The molecule has 2 aromatic carbocycles. The van der Waals surface area contributed by atoms with Crippen LogP contribution in [0, 0.1) is 5.92 Å². The van der Waals surface area contributed by atoms with Gasteiger partial charge in [-0.2, -0.15) is 0 Å². The molecule has 0 spiro atoms. The molecule has 3 rings (SSSR count). The van der Waals surface area contributed by atoms with Gasteiger partial charge in [-0.25, -0.2) is 13.6 Å². The summed E-state index contributed by atoms with van der Waals surface area (Å²) in [5.74, 6) is 0.197. The third-order valence-corrected chi connectivity index (χ3v) is 4.73. The molecule has 114 valence electrons. The average molecular weight is 316 g/mol. The van der Waals surface area contributed by atoms with E-state index in [-0.39, 0.29) is 22.6 Å². The van der Waals surface area contributed by atoms with Crippen molar-refractivity contribution in [2.45, 2.75) is 17.2 Å². The molecule has 0 heterocycles. The fourth-order valence-electron chi connectivity index (χ4n) is 2.52. The molecule has 3 N–H and O–H groups in total. The van der Waals surface area contributed by atoms with Crippen LogP contribution in [0.25, 0.3) is 0 Å². The second-order valence-electron chi connectivity index (χ2n) is 5.42. The molecule has 22 heavy (non-hydrogen) atoms. The van der Waals surface area contributed by atoms with Crippen molar-refractivity contribution in [2.75, 3.05) is 5.32 Å². The molecule has 0 saturated heterocycles. The lowest BCUT2D eigenvalue weighted by Crippen LogP contribution is -2.15. The molecule has 0 aliphatic heterocycles. The lowest BCUT2D eigenvalue weighted by molar-refractivity contribution is -0.117. The number of amides is 1. The molecule has 1 amide bonds. The number of carbonyl (C=O) groups excluding carboxylic acids is 1. The zero-order chi connectivity index (χ0) is 15.7. The highest BCUT2D eigenvalue weighted by Gasteiger charge is 2.43. The number of benzene rings is 2. The van der Waals surface area contributed by atoms with E-state index in [0.717, 1.165) is 6.42 Å². The minimum atomic E-state index is -3.71. The number of hydrogen-bond donors (Lipinski definition) is 2. The van der Waals surface area contributed by atoms with E-state index in [1.165, 1.54) is 29.8 Å². The Kier molecular flexibility index (Phi) is 3.72. The van der Waals surface area contributed by atoms with Crippen LogP contribution in [-0.2, 0) is 14.8 Å². The molecule has 5 nitrogen and oxygen atoms in total. The van der Waals surface area contributed by atoms with Crippen molar-refractivity contribution in [1.29, 1.82) is 0 Å². The van der Waals surface area contributed by atoms with Gasteiger partial charge in [0.05, 0.1) is 4.90 Å². The SMILES string of the molecule is NS(=O)(=O)c1ccc(NC(=O)C2CC2c2ccccc2)cc1. The molecule has 0 radical (unpaired) electrons. The van der Waals surface area contributed by atoms with Crippen molar-refractivity contribution >= 4 is 21.6 Å². The highest BCUT2D eigenvalue weighted by Crippen LogP contribution is 2.47. The summed E-state index contributed by atoms with van der Waals surface area (Å²) in [5.41, 5.74) is 1.74. The van der Waals surface area contributed by atoms with Crippen LogP contribution in [0.1, 0.15) is 17.9 Å². The van der Waals surface area contributed by atoms with E-state index in [1.807, 2.05) is 30.3 Å². The van der Waals surface area contributed by atoms with Crippen molar-refractivity contribution in [2.24, 2.45) is 11.1 Å². The molecular weight excluding hydrogens is 300 g/mol. The molecule has 2 aromatic rings. The maximum Gasteiger partial charge on any atom is 0.238 e. The summed E-state index contributed by atoms with van der Waals surface area (Å²) >= 11 is 0. The summed E-state index contributed by atoms with van der Waals surface area (Å²) in [6.45, 7) is 0. The van der Waals surface area contributed by atoms with E-state index in [1.54, 1.807) is 0 Å². The number of carbonyl (C=O) groups is 1. The van der Waals surface area contributed by atoms with E-state index < -0.39 is 10.0 Å². The quantitative estimate of drug-likeness (QED) is 0.905. The Balaban J connectivity index is 1.64. The van der Waals surface area contributed by atoms with Gasteiger partial charge in [-0.3, -0.25) is 4.79 Å². The van der Waals surface area contributed by atoms with Crippen LogP contribution >= 0.6 is 0 Å². The number of anilines is 1. The number of nitrogens with two attached hydrogens (primary N) is 1. The third kappa shape index (κ3) is 3.18. The van der Waals surface area contributed by atoms with E-state index in [0.29, 0.717) is 5.69 Å². The molecule has 0 bridgehead atoms. The number of rotatable bonds is 4. The molecule has 6 heteroatoms. The monoisotopic (exact) mass is 316 g/mol. The first kappa shape index (κ1) is 14.7. The lowest BCUT2D eigenvalue weighted by atomic mass is 10.1. The van der Waals surface area contributed by atoms with Gasteiger partial charge in [0.25, 0.3) is 0 Å². The zero-order valence-corrected chi connectivity index (χ0v) is 12.6. The Morgan fingerprint density at radius 1 is 1.05 bits per heavy atom. The van der Waals surface area contributed by atoms with Gasteiger partial charge < -0.3 is 5.32 Å². The summed E-state index contributed by atoms with van der Waals surface area (Å²) in [4.78, 5) is 12.2. The minimum absolute atomic E-state index is 0.0269. The Labute approximate surface area is 129 Å². The summed E-state index contributed by atoms with van der Waals surface area (Å²) < 4.78 is 22.3. The predicted molar refractivity (Wildman–Crippen MR) is 83.7 cm³/mol. The smallest absolute Gasteiger partial charge is 0.238 e. The van der Waals surface area contributed by atoms with Crippen molar-refractivity contribution in [3.63, 3.8) is 0 Å². The van der Waals surface area contributed by atoms with Gasteiger partial charge in [0.15, 0.2) is 0 Å². The van der Waals surface area contributed by atoms with Gasteiger partial charge >= 0.3 is 0 Å². The average Bonchev–Trinajstić information content (AvgIpc) is 3.28. The second-order valence-corrected chi connectivity index (χ2v) is 6.98. The standard InChI is InChI=1S/C16H16N2O3S/c17-22(20,21)13-8-6-12(7-9-13)18-16(19)15-10-14(15)11-4-2-1-3-5-11/h1-9,14-15H,10H2,(H,18,19)(H2,17,20,21). The van der Waals surface area contributed by atoms with Crippen LogP contribution in [0.2, 0.25) is 0 Å². The Bertz CT molecular complexity index is 786. The molecule has 2 unspecified atom stereocenters. The first-order valence-corrected chi connectivity index (χ1v) is 8.48. The third-order valence-electron chi connectivity index (χ3n) is 3.81. The summed E-state index contributed by atoms with van der Waals surface area (Å²) in [6.07, 6.45) is 0.838. The van der Waals surface area contributed by atoms with Gasteiger partial charge in [-0.1, -0.05) is 30.3 Å². The molecule has 1 aliphatic rings. The van der Waals surface area contributed by atoms with Crippen LogP contribution in [-0.4, -0.2) is 14.3 Å². The van der Waals surface area contributed by atoms with Crippen LogP contribution in [0.15, 0.2) is 59.5 Å². The van der Waals surface area contributed by atoms with Gasteiger partial charge in [0.2, 0.25) is 15.9 Å². The Morgan fingerprint density at radius 2 is 1.68 bits per heavy atom. The van der Waals surface area contributed by atoms with E-state index in [2.05, 4.69) is 5.32 Å². The van der Waals surface area contributed by atoms with Crippen molar-refractivity contribution in [3.8, 4) is 0 Å². The van der Waals surface area contributed by atoms with Crippen molar-refractivity contribution < 1.29 is 13.2 Å². The van der Waals surface area contributed by atoms with E-state index >= 15 is 0 Å². The van der Waals surface area contributed by atoms with Crippen LogP contribution in [0.4, 0.5) is 5.69 Å². The highest BCUT2D eigenvalue weighted by molar-refractivity contribution is 7.89. The minimum Gasteiger partial charge on any atom is -0.326 e. The fraction of sp³-hybridized carbons (Fsp3) is 0.188. The van der Waals surface area contributed by atoms with Crippen LogP contribution < -0.4 is 10.5 Å². The molecule has 1 fully saturated rings. The number of hydrogen-bond acceptors (Lipinski definition) is 3. The Morgan fingerprint density at radius 3 is 2.27 bits per heavy atom. The number of nitrogens with one attached hydrogen (secondary N) is 1. The summed E-state index contributed by atoms with van der Waals surface area (Å²) in [6, 6.07) is 15.8. The topological polar surface area (TPSA) is 89.3 Å². The van der Waals surface area contributed by atoms with Crippen molar-refractivity contribution in [3.05, 3.63) is 60.2 Å². The van der Waals surface area contributed by atoms with Crippen molar-refractivity contribution in [1.82, 2.24) is 0 Å². The zero-order valence-electron chi connectivity index (χ0n) is 11.8. The Hall–Kier alpha value is -2.18. The normalized spacial score (nSPS) is 20.4. The van der Waals surface area contributed by atoms with Gasteiger partial charge in [0, 0.05) is 11.6 Å². The molecule has 1 aliphatic carbocycles. The lowest BCUT2D eigenvalue weighted by Gasteiger charge is -2.06. The van der Waals surface area contributed by atoms with Crippen LogP contribution in [0.3, 0.4) is 0 Å². The predicted octanol–water partition coefficient (Wildman–Crippen LogP) is 2.08. The first-order chi connectivity index (χ1) is 10.4. The maximum atomic E-state index is 12.2. The summed E-state index contributed by atoms with van der Waals surface area (Å²) in [7, 11) is -3.71. The largest absolute Gasteiger partial charge is 0.326 e. The first-order valence-electron chi connectivity index (χ1n) is 6.94. The maximum absolute atomic E-state index is 12.2. The van der Waals surface area contributed by atoms with Gasteiger partial charge in [0.1, 0.15) is 0 Å². The van der Waals surface area contributed by atoms with E-state index in [9.17, 15) is 13.2 Å². The number of primary sulfonamides is 1. The molecule has 1 saturated carbocycles. The highest BCUT2D eigenvalue weighted by atomic mass is 32.2. The second kappa shape index (κ2) is 5.55. The van der Waals surface area contributed by atoms with Gasteiger partial charge in [-0.05, 0) is 42.2 Å². The molecular formula is C16H16N2O3S. The summed E-state index contributed by atoms with van der Waals surface area (Å²) in [5, 5.41) is 7.84. The van der Waals surface area contributed by atoms with Crippen LogP contribution in [0.5, 0.6) is 0 Å². The van der Waals surface area contributed by atoms with Gasteiger partial charge in [-0.15, -0.1) is 0 Å².